The van der Waals surface area contributed by atoms with Crippen molar-refractivity contribution in [2.75, 3.05) is 23.3 Å². The molecule has 0 saturated carbocycles. The lowest BCUT2D eigenvalue weighted by atomic mass is 9.85. The summed E-state index contributed by atoms with van der Waals surface area (Å²) in [5.41, 5.74) is 4.77. The van der Waals surface area contributed by atoms with Crippen LogP contribution in [0, 0.1) is 12.3 Å². The lowest BCUT2D eigenvalue weighted by Crippen LogP contribution is -2.54. The van der Waals surface area contributed by atoms with Crippen molar-refractivity contribution in [1.82, 2.24) is 19.6 Å². The molecule has 0 spiro atoms. The van der Waals surface area contributed by atoms with Gasteiger partial charge < -0.3 is 15.3 Å². The second kappa shape index (κ2) is 7.19. The van der Waals surface area contributed by atoms with E-state index in [0.717, 1.165) is 46.7 Å². The highest BCUT2D eigenvalue weighted by Crippen LogP contribution is 2.36. The molecule has 0 amide bonds. The second-order valence-electron chi connectivity index (χ2n) is 9.42. The number of carboxylic acid groups (broad SMARTS) is 1. The van der Waals surface area contributed by atoms with Gasteiger partial charge in [-0.2, -0.15) is 0 Å². The van der Waals surface area contributed by atoms with E-state index in [1.165, 1.54) is 0 Å². The van der Waals surface area contributed by atoms with Gasteiger partial charge in [0.2, 0.25) is 5.95 Å². The minimum absolute atomic E-state index is 0.170. The van der Waals surface area contributed by atoms with Crippen LogP contribution < -0.4 is 10.2 Å². The first-order valence-electron chi connectivity index (χ1n) is 10.7. The van der Waals surface area contributed by atoms with E-state index in [2.05, 4.69) is 46.4 Å². The highest BCUT2D eigenvalue weighted by molar-refractivity contribution is 5.96. The molecule has 8 nitrogen and oxygen atoms in total. The third kappa shape index (κ3) is 3.32. The minimum Gasteiger partial charge on any atom is -0.478 e. The minimum atomic E-state index is -0.958. The van der Waals surface area contributed by atoms with Crippen LogP contribution in [0.3, 0.4) is 0 Å². The Hall–Kier alpha value is -3.68. The summed E-state index contributed by atoms with van der Waals surface area (Å²) >= 11 is 0. The molecule has 2 aromatic heterocycles. The van der Waals surface area contributed by atoms with Gasteiger partial charge in [0, 0.05) is 29.7 Å². The fourth-order valence-corrected chi connectivity index (χ4v) is 4.61. The standard InChI is InChI=1S/C24H26N6O2/c1-14-9-17(15(2)26-19-8-6-5-7-16(19)22(31)32)20-18(10-14)21-28-25-13-30(21)23(27-20)29-11-24(3,4)12-29/h5-10,13,15,26H,11-12H2,1-4H3,(H,31,32). The maximum Gasteiger partial charge on any atom is 0.337 e. The predicted molar refractivity (Wildman–Crippen MR) is 124 cm³/mol. The van der Waals surface area contributed by atoms with Crippen molar-refractivity contribution in [3.05, 3.63) is 59.4 Å². The number of rotatable bonds is 5. The largest absolute Gasteiger partial charge is 0.478 e. The number of aromatic carboxylic acids is 1. The molecule has 1 fully saturated rings. The molecule has 0 radical (unpaired) electrons. The summed E-state index contributed by atoms with van der Waals surface area (Å²) in [6, 6.07) is 11.0. The van der Waals surface area contributed by atoms with Crippen LogP contribution >= 0.6 is 0 Å². The number of nitrogens with zero attached hydrogens (tertiary/aromatic N) is 5. The molecule has 164 valence electrons. The first-order chi connectivity index (χ1) is 15.2. The SMILES string of the molecule is Cc1cc(C(C)Nc2ccccc2C(=O)O)c2nc(N3CC(C)(C)C3)n3cnnc3c2c1. The van der Waals surface area contributed by atoms with E-state index in [4.69, 9.17) is 4.98 Å². The number of aromatic nitrogens is 4. The Bertz CT molecular complexity index is 1350. The molecule has 3 heterocycles. The number of anilines is 2. The fourth-order valence-electron chi connectivity index (χ4n) is 4.61. The number of carboxylic acids is 1. The summed E-state index contributed by atoms with van der Waals surface area (Å²) < 4.78 is 1.96. The monoisotopic (exact) mass is 430 g/mol. The molecule has 32 heavy (non-hydrogen) atoms. The van der Waals surface area contributed by atoms with Crippen LogP contribution in [0.2, 0.25) is 0 Å². The van der Waals surface area contributed by atoms with Crippen LogP contribution in [0.4, 0.5) is 11.6 Å². The summed E-state index contributed by atoms with van der Waals surface area (Å²) in [5.74, 6) is -0.125. The Morgan fingerprint density at radius 3 is 2.69 bits per heavy atom. The van der Waals surface area contributed by atoms with Gasteiger partial charge in [0.15, 0.2) is 5.65 Å². The van der Waals surface area contributed by atoms with E-state index >= 15 is 0 Å². The van der Waals surface area contributed by atoms with Gasteiger partial charge in [0.1, 0.15) is 6.33 Å². The van der Waals surface area contributed by atoms with Crippen molar-refractivity contribution in [3.8, 4) is 0 Å². The number of fused-ring (bicyclic) bond motifs is 3. The molecule has 8 heteroatoms. The quantitative estimate of drug-likeness (QED) is 0.487. The molecule has 1 saturated heterocycles. The van der Waals surface area contributed by atoms with E-state index in [1.54, 1.807) is 24.5 Å². The van der Waals surface area contributed by atoms with Gasteiger partial charge in [-0.05, 0) is 43.0 Å². The van der Waals surface area contributed by atoms with Crippen LogP contribution in [0.5, 0.6) is 0 Å². The molecule has 4 aromatic rings. The van der Waals surface area contributed by atoms with Gasteiger partial charge in [-0.15, -0.1) is 10.2 Å². The van der Waals surface area contributed by atoms with Crippen LogP contribution in [-0.4, -0.2) is 43.7 Å². The summed E-state index contributed by atoms with van der Waals surface area (Å²) in [6.45, 7) is 10.4. The molecule has 5 rings (SSSR count). The highest BCUT2D eigenvalue weighted by Gasteiger charge is 2.36. The average Bonchev–Trinajstić information content (AvgIpc) is 3.21. The van der Waals surface area contributed by atoms with Gasteiger partial charge >= 0.3 is 5.97 Å². The summed E-state index contributed by atoms with van der Waals surface area (Å²) in [6.07, 6.45) is 1.72. The van der Waals surface area contributed by atoms with Crippen LogP contribution in [0.15, 0.2) is 42.7 Å². The summed E-state index contributed by atoms with van der Waals surface area (Å²) in [7, 11) is 0. The Balaban J connectivity index is 1.64. The molecule has 1 atom stereocenters. The molecule has 0 bridgehead atoms. The van der Waals surface area contributed by atoms with Crippen LogP contribution in [-0.2, 0) is 0 Å². The first-order valence-corrected chi connectivity index (χ1v) is 10.7. The second-order valence-corrected chi connectivity index (χ2v) is 9.42. The van der Waals surface area contributed by atoms with E-state index in [0.29, 0.717) is 5.69 Å². The van der Waals surface area contributed by atoms with Crippen molar-refractivity contribution < 1.29 is 9.90 Å². The van der Waals surface area contributed by atoms with Crippen molar-refractivity contribution in [2.24, 2.45) is 5.41 Å². The molecule has 0 aliphatic carbocycles. The topological polar surface area (TPSA) is 95.6 Å². The number of carbonyl (C=O) groups is 1. The number of para-hydroxylation sites is 1. The van der Waals surface area contributed by atoms with Gasteiger partial charge in [0.25, 0.3) is 0 Å². The Labute approximate surface area is 185 Å². The Morgan fingerprint density at radius 2 is 1.97 bits per heavy atom. The molecular formula is C24H26N6O2. The van der Waals surface area contributed by atoms with E-state index in [1.807, 2.05) is 24.3 Å². The zero-order chi connectivity index (χ0) is 22.6. The molecular weight excluding hydrogens is 404 g/mol. The van der Waals surface area contributed by atoms with E-state index in [-0.39, 0.29) is 17.0 Å². The smallest absolute Gasteiger partial charge is 0.337 e. The third-order valence-electron chi connectivity index (χ3n) is 6.02. The maximum absolute atomic E-state index is 11.7. The molecule has 2 N–H and O–H groups in total. The predicted octanol–water partition coefficient (Wildman–Crippen LogP) is 4.30. The lowest BCUT2D eigenvalue weighted by molar-refractivity contribution is 0.0698. The number of aryl methyl sites for hydroxylation is 1. The third-order valence-corrected chi connectivity index (χ3v) is 6.02. The zero-order valence-corrected chi connectivity index (χ0v) is 18.6. The summed E-state index contributed by atoms with van der Waals surface area (Å²) in [5, 5.41) is 22.4. The van der Waals surface area contributed by atoms with Gasteiger partial charge in [-0.25, -0.2) is 9.78 Å². The number of benzene rings is 2. The van der Waals surface area contributed by atoms with Crippen LogP contribution in [0.25, 0.3) is 16.6 Å². The summed E-state index contributed by atoms with van der Waals surface area (Å²) in [4.78, 5) is 19.0. The normalized spacial score (nSPS) is 16.2. The highest BCUT2D eigenvalue weighted by atomic mass is 16.4. The van der Waals surface area contributed by atoms with Crippen molar-refractivity contribution in [1.29, 1.82) is 0 Å². The van der Waals surface area contributed by atoms with E-state index in [9.17, 15) is 9.90 Å². The molecule has 2 aromatic carbocycles. The number of nitrogens with one attached hydrogen (secondary N) is 1. The lowest BCUT2D eigenvalue weighted by Gasteiger charge is -2.46. The molecule has 1 aliphatic heterocycles. The van der Waals surface area contributed by atoms with Crippen LogP contribution in [0.1, 0.15) is 48.3 Å². The fraction of sp³-hybridized carbons (Fsp3) is 0.333. The van der Waals surface area contributed by atoms with Crippen molar-refractivity contribution >= 4 is 34.2 Å². The number of hydrogen-bond acceptors (Lipinski definition) is 6. The molecule has 1 unspecified atom stereocenters. The Kier molecular flexibility index (Phi) is 4.54. The van der Waals surface area contributed by atoms with Gasteiger partial charge in [-0.3, -0.25) is 4.40 Å². The molecule has 1 aliphatic rings. The first kappa shape index (κ1) is 20.2. The van der Waals surface area contributed by atoms with Gasteiger partial charge in [-0.1, -0.05) is 32.0 Å². The van der Waals surface area contributed by atoms with Crippen molar-refractivity contribution in [2.45, 2.75) is 33.7 Å². The maximum atomic E-state index is 11.7. The van der Waals surface area contributed by atoms with E-state index < -0.39 is 5.97 Å². The Morgan fingerprint density at radius 1 is 1.22 bits per heavy atom. The zero-order valence-electron chi connectivity index (χ0n) is 18.6. The average molecular weight is 431 g/mol. The van der Waals surface area contributed by atoms with Crippen molar-refractivity contribution in [3.63, 3.8) is 0 Å². The number of hydrogen-bond donors (Lipinski definition) is 2. The van der Waals surface area contributed by atoms with Gasteiger partial charge in [0.05, 0.1) is 17.1 Å².